The summed E-state index contributed by atoms with van der Waals surface area (Å²) in [6, 6.07) is 0. The lowest BCUT2D eigenvalue weighted by atomic mass is 9.73. The number of carbonyl (C=O) groups excluding carboxylic acids is 3. The molecule has 202 valence electrons. The minimum Gasteiger partial charge on any atom is -0.444 e. The van der Waals surface area contributed by atoms with E-state index in [2.05, 4.69) is 10.2 Å². The van der Waals surface area contributed by atoms with E-state index in [-0.39, 0.29) is 23.7 Å². The molecule has 9 nitrogen and oxygen atoms in total. The SMILES string of the molecule is CC(C)(C)OC(=O)N1CC2(CN(CCCl)C2)C1.CC(C)(C)OC(=O)N1CC2(CNC2)C1.O=CCCl. The van der Waals surface area contributed by atoms with Crippen LogP contribution in [0, 0.1) is 10.8 Å². The molecule has 1 N–H and O–H groups in total. The van der Waals surface area contributed by atoms with Crippen molar-refractivity contribution in [3.05, 3.63) is 0 Å². The highest BCUT2D eigenvalue weighted by molar-refractivity contribution is 6.24. The van der Waals surface area contributed by atoms with Crippen LogP contribution in [0.4, 0.5) is 9.59 Å². The monoisotopic (exact) mass is 536 g/mol. The van der Waals surface area contributed by atoms with E-state index in [9.17, 15) is 9.59 Å². The zero-order valence-electron chi connectivity index (χ0n) is 22.0. The zero-order chi connectivity index (χ0) is 26.5. The molecule has 0 aliphatic carbocycles. The van der Waals surface area contributed by atoms with Crippen molar-refractivity contribution in [1.82, 2.24) is 20.0 Å². The van der Waals surface area contributed by atoms with E-state index in [1.165, 1.54) is 0 Å². The lowest BCUT2D eigenvalue weighted by molar-refractivity contribution is -0.110. The Kier molecular flexibility index (Phi) is 10.1. The van der Waals surface area contributed by atoms with Crippen LogP contribution < -0.4 is 5.32 Å². The predicted molar refractivity (Wildman–Crippen MR) is 137 cm³/mol. The second kappa shape index (κ2) is 11.8. The number of hydrogen-bond donors (Lipinski definition) is 1. The molecule has 0 unspecified atom stereocenters. The van der Waals surface area contributed by atoms with Gasteiger partial charge in [-0.15, -0.1) is 23.2 Å². The van der Waals surface area contributed by atoms with Crippen LogP contribution in [0.15, 0.2) is 0 Å². The summed E-state index contributed by atoms with van der Waals surface area (Å²) < 4.78 is 10.6. The van der Waals surface area contributed by atoms with Crippen molar-refractivity contribution in [2.45, 2.75) is 52.7 Å². The molecule has 4 aliphatic heterocycles. The summed E-state index contributed by atoms with van der Waals surface area (Å²) in [7, 11) is 0. The summed E-state index contributed by atoms with van der Waals surface area (Å²) in [4.78, 5) is 38.3. The van der Waals surface area contributed by atoms with Gasteiger partial charge in [0, 0.05) is 75.6 Å². The molecule has 4 aliphatic rings. The summed E-state index contributed by atoms with van der Waals surface area (Å²) in [6.07, 6.45) is 0.288. The van der Waals surface area contributed by atoms with Crippen molar-refractivity contribution >= 4 is 41.7 Å². The number of alkyl halides is 2. The molecular formula is C24H42Cl2N4O5. The minimum absolute atomic E-state index is 0.111. The van der Waals surface area contributed by atoms with E-state index in [1.807, 2.05) is 41.5 Å². The number of amides is 2. The fraction of sp³-hybridized carbons (Fsp3) is 0.875. The van der Waals surface area contributed by atoms with Crippen LogP contribution in [-0.4, -0.2) is 115 Å². The molecule has 2 amide bonds. The lowest BCUT2D eigenvalue weighted by Crippen LogP contribution is -2.73. The van der Waals surface area contributed by atoms with Crippen LogP contribution in [0.2, 0.25) is 0 Å². The molecule has 0 saturated carbocycles. The number of ether oxygens (including phenoxy) is 2. The first-order chi connectivity index (χ1) is 16.2. The highest BCUT2D eigenvalue weighted by atomic mass is 35.5. The number of halogens is 2. The highest BCUT2D eigenvalue weighted by Crippen LogP contribution is 2.40. The third-order valence-corrected chi connectivity index (χ3v) is 6.29. The maximum absolute atomic E-state index is 11.7. The van der Waals surface area contributed by atoms with Gasteiger partial charge in [-0.05, 0) is 41.5 Å². The molecule has 4 saturated heterocycles. The standard InChI is InChI=1S/C12H21ClN2O2.C10H18N2O2.C2H3ClO/c1-11(2,3)17-10(16)15-8-12(9-15)6-14(7-12)5-4-13;1-9(2,3)14-8(13)12-6-10(7-12)4-11-5-10;3-1-2-4/h4-9H2,1-3H3;11H,4-7H2,1-3H3;2H,1H2. The number of aldehydes is 1. The van der Waals surface area contributed by atoms with Gasteiger partial charge in [-0.2, -0.15) is 0 Å². The second-order valence-corrected chi connectivity index (χ2v) is 12.7. The van der Waals surface area contributed by atoms with Gasteiger partial charge in [0.25, 0.3) is 0 Å². The van der Waals surface area contributed by atoms with Crippen molar-refractivity contribution < 1.29 is 23.9 Å². The van der Waals surface area contributed by atoms with Crippen LogP contribution in [0.5, 0.6) is 0 Å². The van der Waals surface area contributed by atoms with E-state index in [0.717, 1.165) is 58.9 Å². The van der Waals surface area contributed by atoms with Gasteiger partial charge in [-0.3, -0.25) is 0 Å². The lowest BCUT2D eigenvalue weighted by Gasteiger charge is -2.59. The largest absolute Gasteiger partial charge is 0.444 e. The van der Waals surface area contributed by atoms with E-state index in [4.69, 9.17) is 37.5 Å². The second-order valence-electron chi connectivity index (χ2n) is 12.0. The number of rotatable bonds is 3. The van der Waals surface area contributed by atoms with Gasteiger partial charge in [-0.1, -0.05) is 0 Å². The highest BCUT2D eigenvalue weighted by Gasteiger charge is 2.53. The first-order valence-electron chi connectivity index (χ1n) is 12.1. The van der Waals surface area contributed by atoms with Crippen molar-refractivity contribution in [3.8, 4) is 0 Å². The Bertz CT molecular complexity index is 727. The molecule has 0 aromatic rings. The Morgan fingerprint density at radius 3 is 1.51 bits per heavy atom. The van der Waals surface area contributed by atoms with Crippen molar-refractivity contribution in [3.63, 3.8) is 0 Å². The Hall–Kier alpha value is -1.29. The van der Waals surface area contributed by atoms with Gasteiger partial charge in [0.05, 0.1) is 5.88 Å². The van der Waals surface area contributed by atoms with Crippen molar-refractivity contribution in [2.24, 2.45) is 10.8 Å². The summed E-state index contributed by atoms with van der Waals surface area (Å²) in [5.74, 6) is 0.797. The molecule has 0 radical (unpaired) electrons. The minimum atomic E-state index is -0.399. The average molecular weight is 538 g/mol. The number of nitrogens with one attached hydrogen (secondary N) is 1. The van der Waals surface area contributed by atoms with Crippen LogP contribution in [0.3, 0.4) is 0 Å². The summed E-state index contributed by atoms with van der Waals surface area (Å²) >= 11 is 10.5. The molecular weight excluding hydrogens is 495 g/mol. The first kappa shape index (κ1) is 29.9. The summed E-state index contributed by atoms with van der Waals surface area (Å²) in [5.41, 5.74) is -0.0539. The van der Waals surface area contributed by atoms with Crippen LogP contribution in [-0.2, 0) is 14.3 Å². The molecule has 4 heterocycles. The topological polar surface area (TPSA) is 91.4 Å². The number of nitrogens with zero attached hydrogens (tertiary/aromatic N) is 3. The molecule has 0 aromatic carbocycles. The van der Waals surface area contributed by atoms with E-state index in [0.29, 0.717) is 23.0 Å². The zero-order valence-corrected chi connectivity index (χ0v) is 23.5. The smallest absolute Gasteiger partial charge is 0.410 e. The maximum Gasteiger partial charge on any atom is 0.410 e. The van der Waals surface area contributed by atoms with Crippen LogP contribution in [0.1, 0.15) is 41.5 Å². The van der Waals surface area contributed by atoms with Gasteiger partial charge in [0.1, 0.15) is 17.5 Å². The van der Waals surface area contributed by atoms with Crippen molar-refractivity contribution in [2.75, 3.05) is 70.7 Å². The fourth-order valence-corrected chi connectivity index (χ4v) is 4.76. The van der Waals surface area contributed by atoms with Gasteiger partial charge in [0.2, 0.25) is 0 Å². The Morgan fingerprint density at radius 1 is 0.829 bits per heavy atom. The average Bonchev–Trinajstić information content (AvgIpc) is 2.58. The van der Waals surface area contributed by atoms with Crippen LogP contribution in [0.25, 0.3) is 0 Å². The van der Waals surface area contributed by atoms with Crippen molar-refractivity contribution in [1.29, 1.82) is 0 Å². The molecule has 11 heteroatoms. The molecule has 2 spiro atoms. The molecule has 0 aromatic heterocycles. The molecule has 4 fully saturated rings. The van der Waals surface area contributed by atoms with Gasteiger partial charge in [-0.25, -0.2) is 9.59 Å². The Morgan fingerprint density at radius 2 is 1.23 bits per heavy atom. The van der Waals surface area contributed by atoms with Gasteiger partial charge in [0.15, 0.2) is 0 Å². The maximum atomic E-state index is 11.7. The molecule has 4 rings (SSSR count). The summed E-state index contributed by atoms with van der Waals surface area (Å²) in [5, 5.41) is 3.23. The predicted octanol–water partition coefficient (Wildman–Crippen LogP) is 3.03. The molecule has 0 bridgehead atoms. The number of carbonyl (C=O) groups is 3. The Balaban J connectivity index is 0.000000217. The number of hydrogen-bond acceptors (Lipinski definition) is 7. The fourth-order valence-electron chi connectivity index (χ4n) is 4.52. The molecule has 35 heavy (non-hydrogen) atoms. The third kappa shape index (κ3) is 8.95. The normalized spacial score (nSPS) is 21.6. The third-order valence-electron chi connectivity index (χ3n) is 5.99. The van der Waals surface area contributed by atoms with Gasteiger partial charge >= 0.3 is 12.2 Å². The van der Waals surface area contributed by atoms with Gasteiger partial charge < -0.3 is 34.3 Å². The van der Waals surface area contributed by atoms with E-state index < -0.39 is 5.60 Å². The van der Waals surface area contributed by atoms with E-state index in [1.54, 1.807) is 9.80 Å². The molecule has 0 atom stereocenters. The quantitative estimate of drug-likeness (QED) is 0.437. The van der Waals surface area contributed by atoms with Crippen LogP contribution >= 0.6 is 23.2 Å². The number of likely N-dealkylation sites (tertiary alicyclic amines) is 3. The first-order valence-corrected chi connectivity index (χ1v) is 13.2. The summed E-state index contributed by atoms with van der Waals surface area (Å²) in [6.45, 7) is 19.9. The van der Waals surface area contributed by atoms with E-state index >= 15 is 0 Å². The Labute approximate surface area is 219 Å².